The van der Waals surface area contributed by atoms with Gasteiger partial charge in [0, 0.05) is 47.3 Å². The van der Waals surface area contributed by atoms with Crippen LogP contribution in [0.15, 0.2) is 60.6 Å². The maximum absolute atomic E-state index is 6.36. The van der Waals surface area contributed by atoms with Crippen molar-refractivity contribution in [3.8, 4) is 11.1 Å². The molecule has 0 bridgehead atoms. The van der Waals surface area contributed by atoms with Gasteiger partial charge in [0.2, 0.25) is 0 Å². The van der Waals surface area contributed by atoms with Gasteiger partial charge in [-0.05, 0) is 54.8 Å². The Labute approximate surface area is 175 Å². The molecule has 1 aliphatic rings. The predicted molar refractivity (Wildman–Crippen MR) is 119 cm³/mol. The lowest BCUT2D eigenvalue weighted by atomic mass is 9.93. The number of aromatic nitrogens is 2. The molecule has 150 valence electrons. The first-order valence-electron chi connectivity index (χ1n) is 9.56. The molecule has 5 N–H and O–H groups in total. The molecule has 0 aliphatic carbocycles. The lowest BCUT2D eigenvalue weighted by molar-refractivity contribution is 0.402. The Morgan fingerprint density at radius 2 is 1.93 bits per heavy atom. The van der Waals surface area contributed by atoms with Crippen molar-refractivity contribution < 1.29 is 0 Å². The highest BCUT2D eigenvalue weighted by Gasteiger charge is 2.26. The number of benzene rings is 2. The molecule has 0 amide bonds. The zero-order chi connectivity index (χ0) is 20.5. The third-order valence-electron chi connectivity index (χ3n) is 5.22. The average molecular weight is 409 g/mol. The third-order valence-corrected chi connectivity index (χ3v) is 5.48. The number of nitrogens with two attached hydrogens (primary N) is 2. The normalized spacial score (nSPS) is 18.2. The molecule has 7 heteroatoms. The predicted octanol–water partition coefficient (Wildman–Crippen LogP) is 4.12. The van der Waals surface area contributed by atoms with Crippen LogP contribution in [0, 0.1) is 0 Å². The minimum Gasteiger partial charge on any atom is -0.401 e. The first kappa shape index (κ1) is 19.4. The van der Waals surface area contributed by atoms with Gasteiger partial charge in [-0.25, -0.2) is 5.84 Å². The average Bonchev–Trinajstić information content (AvgIpc) is 3.07. The fraction of sp³-hybridized carbons (Fsp3) is 0.227. The van der Waals surface area contributed by atoms with Gasteiger partial charge in [-0.3, -0.25) is 4.68 Å². The van der Waals surface area contributed by atoms with E-state index < -0.39 is 0 Å². The van der Waals surface area contributed by atoms with E-state index in [4.69, 9.17) is 23.2 Å². The van der Waals surface area contributed by atoms with E-state index in [2.05, 4.69) is 28.6 Å². The number of hydrazine groups is 1. The van der Waals surface area contributed by atoms with E-state index in [1.807, 2.05) is 50.6 Å². The summed E-state index contributed by atoms with van der Waals surface area (Å²) in [7, 11) is 1.92. The molecule has 1 unspecified atom stereocenters. The number of nitrogens with one attached hydrogen (secondary N) is 1. The Morgan fingerprint density at radius 3 is 2.59 bits per heavy atom. The number of nitrogens with zero attached hydrogens (tertiary/aromatic N) is 3. The summed E-state index contributed by atoms with van der Waals surface area (Å²) >= 11 is 6.05. The van der Waals surface area contributed by atoms with Crippen LogP contribution in [0.25, 0.3) is 16.8 Å². The SMILES string of the molecule is C/C(N)=C1\c2ccc(-c3cnn(C)c3)cc2C(Nc2ccc(Cl)cc2)CCN1N. The number of hydrogen-bond donors (Lipinski definition) is 3. The number of halogens is 1. The molecule has 1 aliphatic heterocycles. The van der Waals surface area contributed by atoms with Crippen LogP contribution < -0.4 is 16.9 Å². The van der Waals surface area contributed by atoms with E-state index in [1.165, 1.54) is 0 Å². The monoisotopic (exact) mass is 408 g/mol. The lowest BCUT2D eigenvalue weighted by Gasteiger charge is -2.22. The van der Waals surface area contributed by atoms with Crippen LogP contribution in [-0.2, 0) is 7.05 Å². The van der Waals surface area contributed by atoms with Crippen molar-refractivity contribution in [1.29, 1.82) is 0 Å². The second kappa shape index (κ2) is 7.81. The molecule has 3 aromatic rings. The van der Waals surface area contributed by atoms with Crippen LogP contribution in [0.5, 0.6) is 0 Å². The van der Waals surface area contributed by atoms with Crippen molar-refractivity contribution in [2.75, 3.05) is 11.9 Å². The molecule has 0 saturated heterocycles. The highest BCUT2D eigenvalue weighted by molar-refractivity contribution is 6.30. The van der Waals surface area contributed by atoms with Gasteiger partial charge in [0.1, 0.15) is 0 Å². The maximum atomic E-state index is 6.36. The highest BCUT2D eigenvalue weighted by atomic mass is 35.5. The molecule has 2 heterocycles. The molecule has 4 rings (SSSR count). The van der Waals surface area contributed by atoms with Gasteiger partial charge in [0.15, 0.2) is 0 Å². The topological polar surface area (TPSA) is 85.1 Å². The van der Waals surface area contributed by atoms with E-state index in [1.54, 1.807) is 9.69 Å². The summed E-state index contributed by atoms with van der Waals surface area (Å²) in [5.41, 5.74) is 13.2. The summed E-state index contributed by atoms with van der Waals surface area (Å²) in [6.45, 7) is 2.58. The summed E-state index contributed by atoms with van der Waals surface area (Å²) in [5, 5.41) is 10.4. The Kier molecular flexibility index (Phi) is 5.22. The van der Waals surface area contributed by atoms with Crippen molar-refractivity contribution in [2.24, 2.45) is 18.6 Å². The molecule has 2 aromatic carbocycles. The minimum atomic E-state index is 0.0747. The Bertz CT molecular complexity index is 1050. The molecular formula is C22H25ClN6. The third kappa shape index (κ3) is 3.95. The summed E-state index contributed by atoms with van der Waals surface area (Å²) in [6, 6.07) is 14.2. The van der Waals surface area contributed by atoms with Gasteiger partial charge in [-0.1, -0.05) is 23.7 Å². The number of allylic oxidation sites excluding steroid dienone is 1. The number of aryl methyl sites for hydroxylation is 1. The molecule has 0 radical (unpaired) electrons. The van der Waals surface area contributed by atoms with Gasteiger partial charge in [0.25, 0.3) is 0 Å². The van der Waals surface area contributed by atoms with Crippen LogP contribution in [0.4, 0.5) is 5.69 Å². The van der Waals surface area contributed by atoms with Crippen molar-refractivity contribution in [3.05, 3.63) is 76.7 Å². The molecular weight excluding hydrogens is 384 g/mol. The molecule has 1 aromatic heterocycles. The summed E-state index contributed by atoms with van der Waals surface area (Å²) in [6.07, 6.45) is 4.72. The van der Waals surface area contributed by atoms with Gasteiger partial charge >= 0.3 is 0 Å². The highest BCUT2D eigenvalue weighted by Crippen LogP contribution is 2.37. The standard InChI is InChI=1S/C22H25ClN6/c1-14(24)22-19-8-3-15(16-12-26-28(2)13-16)11-20(19)21(9-10-29(22)25)27-18-6-4-17(23)5-7-18/h3-8,11-13,21,27H,9-10,24-25H2,1-2H3/b22-14-. The van der Waals surface area contributed by atoms with Crippen LogP contribution in [0.2, 0.25) is 5.02 Å². The first-order valence-corrected chi connectivity index (χ1v) is 9.94. The van der Waals surface area contributed by atoms with Gasteiger partial charge in [0.05, 0.1) is 17.9 Å². The number of rotatable bonds is 3. The zero-order valence-electron chi connectivity index (χ0n) is 16.6. The van der Waals surface area contributed by atoms with Crippen LogP contribution in [-0.4, -0.2) is 21.3 Å². The van der Waals surface area contributed by atoms with Crippen molar-refractivity contribution in [1.82, 2.24) is 14.8 Å². The van der Waals surface area contributed by atoms with Crippen molar-refractivity contribution in [2.45, 2.75) is 19.4 Å². The quantitative estimate of drug-likeness (QED) is 0.567. The first-order chi connectivity index (χ1) is 13.9. The summed E-state index contributed by atoms with van der Waals surface area (Å²) < 4.78 is 1.81. The van der Waals surface area contributed by atoms with Crippen LogP contribution >= 0.6 is 11.6 Å². The summed E-state index contributed by atoms with van der Waals surface area (Å²) in [4.78, 5) is 0. The Balaban J connectivity index is 1.82. The minimum absolute atomic E-state index is 0.0747. The summed E-state index contributed by atoms with van der Waals surface area (Å²) in [5.74, 6) is 6.36. The van der Waals surface area contributed by atoms with Crippen molar-refractivity contribution in [3.63, 3.8) is 0 Å². The Morgan fingerprint density at radius 1 is 1.17 bits per heavy atom. The van der Waals surface area contributed by atoms with E-state index in [0.717, 1.165) is 40.1 Å². The van der Waals surface area contributed by atoms with E-state index in [9.17, 15) is 0 Å². The second-order valence-electron chi connectivity index (χ2n) is 7.42. The van der Waals surface area contributed by atoms with Crippen LogP contribution in [0.3, 0.4) is 0 Å². The van der Waals surface area contributed by atoms with E-state index in [-0.39, 0.29) is 6.04 Å². The largest absolute Gasteiger partial charge is 0.401 e. The molecule has 6 nitrogen and oxygen atoms in total. The fourth-order valence-electron chi connectivity index (χ4n) is 3.84. The maximum Gasteiger partial charge on any atom is 0.0777 e. The van der Waals surface area contributed by atoms with Gasteiger partial charge in [-0.2, -0.15) is 5.10 Å². The zero-order valence-corrected chi connectivity index (χ0v) is 17.3. The number of anilines is 1. The molecule has 1 atom stereocenters. The smallest absolute Gasteiger partial charge is 0.0777 e. The van der Waals surface area contributed by atoms with E-state index in [0.29, 0.717) is 17.3 Å². The second-order valence-corrected chi connectivity index (χ2v) is 7.86. The van der Waals surface area contributed by atoms with Gasteiger partial charge < -0.3 is 16.1 Å². The number of hydrogen-bond acceptors (Lipinski definition) is 5. The van der Waals surface area contributed by atoms with E-state index >= 15 is 0 Å². The lowest BCUT2D eigenvalue weighted by Crippen LogP contribution is -2.31. The molecule has 0 spiro atoms. The molecule has 0 fully saturated rings. The number of fused-ring (bicyclic) bond motifs is 1. The molecule has 0 saturated carbocycles. The van der Waals surface area contributed by atoms with Crippen LogP contribution in [0.1, 0.15) is 30.5 Å². The van der Waals surface area contributed by atoms with Crippen molar-refractivity contribution >= 4 is 23.0 Å². The fourth-order valence-corrected chi connectivity index (χ4v) is 3.97. The molecule has 29 heavy (non-hydrogen) atoms. The van der Waals surface area contributed by atoms with Gasteiger partial charge in [-0.15, -0.1) is 0 Å². The Hall–Kier alpha value is -2.96.